The first-order chi connectivity index (χ1) is 9.65. The van der Waals surface area contributed by atoms with Crippen LogP contribution in [-0.4, -0.2) is 47.0 Å². The van der Waals surface area contributed by atoms with Crippen molar-refractivity contribution in [3.8, 4) is 0 Å². The van der Waals surface area contributed by atoms with Crippen LogP contribution >= 0.6 is 0 Å². The maximum atomic E-state index is 11.9. The molecule has 1 aromatic heterocycles. The topological polar surface area (TPSA) is 58.1 Å². The van der Waals surface area contributed by atoms with Gasteiger partial charge in [-0.05, 0) is 32.4 Å². The average Bonchev–Trinajstić information content (AvgIpc) is 2.47. The Bertz CT molecular complexity index is 472. The van der Waals surface area contributed by atoms with Crippen molar-refractivity contribution in [1.29, 1.82) is 0 Å². The molecule has 5 heteroatoms. The maximum absolute atomic E-state index is 11.9. The number of aromatic nitrogens is 2. The first-order valence-corrected chi connectivity index (χ1v) is 7.07. The molecular weight excluding hydrogens is 252 g/mol. The van der Waals surface area contributed by atoms with E-state index < -0.39 is 0 Å². The molecule has 0 radical (unpaired) electrons. The summed E-state index contributed by atoms with van der Waals surface area (Å²) in [5.74, 6) is 0.0722. The second kappa shape index (κ2) is 7.14. The van der Waals surface area contributed by atoms with Gasteiger partial charge in [-0.2, -0.15) is 0 Å². The third kappa shape index (κ3) is 4.42. The van der Waals surface area contributed by atoms with Crippen molar-refractivity contribution in [2.24, 2.45) is 0 Å². The monoisotopic (exact) mass is 274 g/mol. The van der Waals surface area contributed by atoms with Gasteiger partial charge in [0, 0.05) is 44.1 Å². The number of hydrogen-bond acceptors (Lipinski definition) is 4. The Balaban J connectivity index is 1.77. The van der Waals surface area contributed by atoms with E-state index in [-0.39, 0.29) is 11.9 Å². The van der Waals surface area contributed by atoms with Gasteiger partial charge in [0.25, 0.3) is 0 Å². The molecule has 1 N–H and O–H groups in total. The molecule has 1 amide bonds. The second-order valence-electron chi connectivity index (χ2n) is 5.28. The van der Waals surface area contributed by atoms with E-state index in [0.717, 1.165) is 25.2 Å². The third-order valence-corrected chi connectivity index (χ3v) is 3.61. The molecule has 0 aromatic carbocycles. The Morgan fingerprint density at radius 1 is 1.50 bits per heavy atom. The summed E-state index contributed by atoms with van der Waals surface area (Å²) in [6.45, 7) is 4.08. The number of carbonyl (C=O) groups excluding carboxylic acids is 1. The van der Waals surface area contributed by atoms with Crippen LogP contribution in [0, 0.1) is 0 Å². The largest absolute Gasteiger partial charge is 0.350 e. The predicted octanol–water partition coefficient (Wildman–Crippen LogP) is 1.18. The van der Waals surface area contributed by atoms with Gasteiger partial charge in [-0.1, -0.05) is 6.08 Å². The summed E-state index contributed by atoms with van der Waals surface area (Å²) in [4.78, 5) is 22.4. The zero-order valence-corrected chi connectivity index (χ0v) is 12.2. The minimum absolute atomic E-state index is 0.0722. The molecule has 0 bridgehead atoms. The minimum atomic E-state index is 0.0722. The van der Waals surface area contributed by atoms with E-state index in [4.69, 9.17) is 0 Å². The molecule has 0 aliphatic carbocycles. The lowest BCUT2D eigenvalue weighted by Gasteiger charge is -2.26. The molecule has 20 heavy (non-hydrogen) atoms. The summed E-state index contributed by atoms with van der Waals surface area (Å²) >= 11 is 0. The second-order valence-corrected chi connectivity index (χ2v) is 5.28. The summed E-state index contributed by atoms with van der Waals surface area (Å²) in [6.07, 6.45) is 9.33. The van der Waals surface area contributed by atoms with Crippen molar-refractivity contribution >= 4 is 5.91 Å². The molecule has 0 saturated carbocycles. The van der Waals surface area contributed by atoms with E-state index in [9.17, 15) is 4.79 Å². The van der Waals surface area contributed by atoms with Gasteiger partial charge in [0.05, 0.1) is 5.69 Å². The Hall–Kier alpha value is -1.75. The lowest BCUT2D eigenvalue weighted by atomic mass is 10.0. The first kappa shape index (κ1) is 14.7. The minimum Gasteiger partial charge on any atom is -0.350 e. The molecule has 0 fully saturated rings. The highest BCUT2D eigenvalue weighted by Gasteiger charge is 2.15. The van der Waals surface area contributed by atoms with E-state index in [1.165, 1.54) is 5.57 Å². The number of likely N-dealkylation sites (N-methyl/N-ethyl adjacent to an activating group) is 1. The number of aryl methyl sites for hydroxylation is 1. The van der Waals surface area contributed by atoms with E-state index in [0.29, 0.717) is 12.8 Å². The highest BCUT2D eigenvalue weighted by molar-refractivity contribution is 5.76. The predicted molar refractivity (Wildman–Crippen MR) is 78.2 cm³/mol. The molecule has 0 spiro atoms. The van der Waals surface area contributed by atoms with Gasteiger partial charge in [0.1, 0.15) is 0 Å². The molecule has 5 nitrogen and oxygen atoms in total. The smallest absolute Gasteiger partial charge is 0.220 e. The Labute approximate surface area is 120 Å². The molecule has 1 unspecified atom stereocenters. The zero-order chi connectivity index (χ0) is 14.4. The Morgan fingerprint density at radius 2 is 2.35 bits per heavy atom. The van der Waals surface area contributed by atoms with Crippen molar-refractivity contribution in [2.45, 2.75) is 32.2 Å². The first-order valence-electron chi connectivity index (χ1n) is 7.07. The van der Waals surface area contributed by atoms with Gasteiger partial charge in [0.2, 0.25) is 5.91 Å². The van der Waals surface area contributed by atoms with Crippen LogP contribution in [-0.2, 0) is 11.2 Å². The molecule has 0 saturated heterocycles. The van der Waals surface area contributed by atoms with E-state index >= 15 is 0 Å². The molecule has 1 aliphatic rings. The summed E-state index contributed by atoms with van der Waals surface area (Å²) in [5, 5.41) is 3.06. The molecule has 2 rings (SSSR count). The van der Waals surface area contributed by atoms with Crippen LogP contribution in [0.5, 0.6) is 0 Å². The fraction of sp³-hybridized carbons (Fsp3) is 0.533. The number of nitrogens with zero attached hydrogens (tertiary/aromatic N) is 3. The quantitative estimate of drug-likeness (QED) is 0.819. The van der Waals surface area contributed by atoms with Crippen LogP contribution in [0.25, 0.3) is 0 Å². The van der Waals surface area contributed by atoms with Gasteiger partial charge in [-0.15, -0.1) is 0 Å². The highest BCUT2D eigenvalue weighted by Crippen LogP contribution is 2.13. The van der Waals surface area contributed by atoms with Gasteiger partial charge in [-0.3, -0.25) is 14.8 Å². The fourth-order valence-electron chi connectivity index (χ4n) is 2.29. The number of amides is 1. The molecule has 1 aliphatic heterocycles. The number of nitrogens with one attached hydrogen (secondary N) is 1. The van der Waals surface area contributed by atoms with Crippen molar-refractivity contribution in [3.05, 3.63) is 35.9 Å². The normalized spacial score (nSPS) is 17.4. The summed E-state index contributed by atoms with van der Waals surface area (Å²) in [6, 6.07) is 0.123. The van der Waals surface area contributed by atoms with Crippen LogP contribution in [0.15, 0.2) is 30.2 Å². The average molecular weight is 274 g/mol. The Kier molecular flexibility index (Phi) is 5.24. The number of carbonyl (C=O) groups is 1. The van der Waals surface area contributed by atoms with E-state index in [1.807, 2.05) is 0 Å². The SMILES string of the molecule is CC(NC(=O)CCc1cnccn1)C1=CCN(C)CC1. The zero-order valence-electron chi connectivity index (χ0n) is 12.2. The van der Waals surface area contributed by atoms with Crippen LogP contribution in [0.3, 0.4) is 0 Å². The fourth-order valence-corrected chi connectivity index (χ4v) is 2.29. The van der Waals surface area contributed by atoms with Gasteiger partial charge in [0.15, 0.2) is 0 Å². The van der Waals surface area contributed by atoms with E-state index in [2.05, 4.69) is 40.2 Å². The lowest BCUT2D eigenvalue weighted by molar-refractivity contribution is -0.121. The molecule has 108 valence electrons. The van der Waals surface area contributed by atoms with Gasteiger partial charge >= 0.3 is 0 Å². The lowest BCUT2D eigenvalue weighted by Crippen LogP contribution is -2.37. The van der Waals surface area contributed by atoms with Crippen molar-refractivity contribution in [3.63, 3.8) is 0 Å². The van der Waals surface area contributed by atoms with Crippen molar-refractivity contribution in [1.82, 2.24) is 20.2 Å². The van der Waals surface area contributed by atoms with Crippen molar-refractivity contribution in [2.75, 3.05) is 20.1 Å². The van der Waals surface area contributed by atoms with Gasteiger partial charge < -0.3 is 10.2 Å². The van der Waals surface area contributed by atoms with Gasteiger partial charge in [-0.25, -0.2) is 0 Å². The molecular formula is C15H22N4O. The van der Waals surface area contributed by atoms with Crippen LogP contribution in [0.4, 0.5) is 0 Å². The van der Waals surface area contributed by atoms with Crippen LogP contribution < -0.4 is 5.32 Å². The van der Waals surface area contributed by atoms with Crippen molar-refractivity contribution < 1.29 is 4.79 Å². The maximum Gasteiger partial charge on any atom is 0.220 e. The standard InChI is InChI=1S/C15H22N4O/c1-12(13-5-9-19(2)10-6-13)18-15(20)4-3-14-11-16-7-8-17-14/h5,7-8,11-12H,3-4,6,9-10H2,1-2H3,(H,18,20). The Morgan fingerprint density at radius 3 is 3.00 bits per heavy atom. The third-order valence-electron chi connectivity index (χ3n) is 3.61. The number of hydrogen-bond donors (Lipinski definition) is 1. The summed E-state index contributed by atoms with van der Waals surface area (Å²) < 4.78 is 0. The highest BCUT2D eigenvalue weighted by atomic mass is 16.1. The van der Waals surface area contributed by atoms with Crippen LogP contribution in [0.1, 0.15) is 25.5 Å². The number of rotatable bonds is 5. The molecule has 2 heterocycles. The van der Waals surface area contributed by atoms with Crippen LogP contribution in [0.2, 0.25) is 0 Å². The molecule has 1 atom stereocenters. The van der Waals surface area contributed by atoms with E-state index in [1.54, 1.807) is 18.6 Å². The summed E-state index contributed by atoms with van der Waals surface area (Å²) in [5.41, 5.74) is 2.18. The summed E-state index contributed by atoms with van der Waals surface area (Å²) in [7, 11) is 2.11. The molecule has 1 aromatic rings.